The van der Waals surface area contributed by atoms with Gasteiger partial charge in [0, 0.05) is 18.6 Å². The Balaban J connectivity index is 1.98. The van der Waals surface area contributed by atoms with E-state index in [9.17, 15) is 13.2 Å². The van der Waals surface area contributed by atoms with Crippen LogP contribution in [-0.4, -0.2) is 64.8 Å². The molecule has 0 radical (unpaired) electrons. The molecule has 0 aliphatic carbocycles. The van der Waals surface area contributed by atoms with Crippen LogP contribution in [0.25, 0.3) is 0 Å². The smallest absolute Gasteiger partial charge is 0.236 e. The van der Waals surface area contributed by atoms with Gasteiger partial charge in [-0.2, -0.15) is 0 Å². The number of sulfone groups is 1. The number of anilines is 1. The summed E-state index contributed by atoms with van der Waals surface area (Å²) in [5.74, 6) is 0.202. The van der Waals surface area contributed by atoms with E-state index >= 15 is 0 Å². The Bertz CT molecular complexity index is 675. The van der Waals surface area contributed by atoms with E-state index in [2.05, 4.69) is 15.5 Å². The highest BCUT2D eigenvalue weighted by molar-refractivity contribution is 8.02. The molecule has 10 heteroatoms. The zero-order valence-corrected chi connectivity index (χ0v) is 16.8. The summed E-state index contributed by atoms with van der Waals surface area (Å²) >= 11 is 2.79. The third kappa shape index (κ3) is 5.06. The Morgan fingerprint density at radius 1 is 1.42 bits per heavy atom. The van der Waals surface area contributed by atoms with Crippen LogP contribution in [-0.2, 0) is 14.6 Å². The summed E-state index contributed by atoms with van der Waals surface area (Å²) in [5, 5.41) is 11.8. The Labute approximate surface area is 151 Å². The van der Waals surface area contributed by atoms with Crippen molar-refractivity contribution in [1.82, 2.24) is 15.1 Å². The van der Waals surface area contributed by atoms with Gasteiger partial charge in [0.1, 0.15) is 0 Å². The molecule has 0 aromatic carbocycles. The van der Waals surface area contributed by atoms with Crippen molar-refractivity contribution >= 4 is 44.0 Å². The largest absolute Gasteiger partial charge is 0.358 e. The number of hydrogen-bond donors (Lipinski definition) is 1. The molecule has 1 aliphatic heterocycles. The van der Waals surface area contributed by atoms with Crippen LogP contribution in [0.5, 0.6) is 0 Å². The molecule has 2 unspecified atom stereocenters. The summed E-state index contributed by atoms with van der Waals surface area (Å²) in [7, 11) is -3.01. The molecule has 0 saturated carbocycles. The Morgan fingerprint density at radius 3 is 2.67 bits per heavy atom. The van der Waals surface area contributed by atoms with Crippen LogP contribution in [0.1, 0.15) is 34.1 Å². The first-order chi connectivity index (χ1) is 11.2. The third-order valence-electron chi connectivity index (χ3n) is 3.72. The Kier molecular flexibility index (Phi) is 6.49. The summed E-state index contributed by atoms with van der Waals surface area (Å²) in [5.41, 5.74) is 0. The van der Waals surface area contributed by atoms with Gasteiger partial charge in [0.15, 0.2) is 14.2 Å². The molecule has 2 rings (SSSR count). The van der Waals surface area contributed by atoms with Gasteiger partial charge in [-0.25, -0.2) is 8.42 Å². The van der Waals surface area contributed by atoms with Crippen LogP contribution in [0, 0.1) is 0 Å². The number of amides is 1. The molecule has 0 spiro atoms. The van der Waals surface area contributed by atoms with Gasteiger partial charge in [-0.1, -0.05) is 23.1 Å². The van der Waals surface area contributed by atoms with Crippen molar-refractivity contribution in [3.8, 4) is 0 Å². The molecule has 2 heterocycles. The molecule has 1 amide bonds. The molecule has 7 nitrogen and oxygen atoms in total. The molecule has 1 aliphatic rings. The fraction of sp³-hybridized carbons (Fsp3) is 0.786. The minimum absolute atomic E-state index is 0.0434. The number of carbonyl (C=O) groups excluding carboxylic acids is 1. The number of rotatable bonds is 7. The highest BCUT2D eigenvalue weighted by atomic mass is 32.2. The average molecular weight is 393 g/mol. The molecule has 1 N–H and O–H groups in total. The summed E-state index contributed by atoms with van der Waals surface area (Å²) in [4.78, 5) is 14.4. The van der Waals surface area contributed by atoms with E-state index in [-0.39, 0.29) is 34.7 Å². The van der Waals surface area contributed by atoms with E-state index < -0.39 is 9.84 Å². The van der Waals surface area contributed by atoms with Crippen LogP contribution >= 0.6 is 23.1 Å². The zero-order chi connectivity index (χ0) is 17.9. The number of thioether (sulfide) groups is 1. The molecule has 1 fully saturated rings. The first-order valence-electron chi connectivity index (χ1n) is 7.99. The van der Waals surface area contributed by atoms with Crippen molar-refractivity contribution in [2.45, 2.75) is 55.8 Å². The normalized spacial score (nSPS) is 21.0. The van der Waals surface area contributed by atoms with Crippen molar-refractivity contribution < 1.29 is 13.2 Å². The summed E-state index contributed by atoms with van der Waals surface area (Å²) < 4.78 is 24.1. The van der Waals surface area contributed by atoms with Crippen molar-refractivity contribution in [2.75, 3.05) is 23.4 Å². The highest BCUT2D eigenvalue weighted by Gasteiger charge is 2.35. The SMILES string of the molecule is CCN(C(=O)C(C)Sc1nnc(NC(C)C)s1)C1CCS(=O)(=O)C1. The van der Waals surface area contributed by atoms with Gasteiger partial charge >= 0.3 is 0 Å². The second-order valence-electron chi connectivity index (χ2n) is 6.11. The number of nitrogens with one attached hydrogen (secondary N) is 1. The van der Waals surface area contributed by atoms with Crippen molar-refractivity contribution in [3.05, 3.63) is 0 Å². The number of nitrogens with zero attached hydrogens (tertiary/aromatic N) is 3. The maximum absolute atomic E-state index is 12.7. The van der Waals surface area contributed by atoms with Gasteiger partial charge in [0.05, 0.1) is 16.8 Å². The quantitative estimate of drug-likeness (QED) is 0.708. The zero-order valence-electron chi connectivity index (χ0n) is 14.4. The van der Waals surface area contributed by atoms with Gasteiger partial charge in [-0.3, -0.25) is 4.79 Å². The first kappa shape index (κ1) is 19.5. The molecule has 1 aromatic heterocycles. The summed E-state index contributed by atoms with van der Waals surface area (Å²) in [6, 6.07) is 0.0675. The van der Waals surface area contributed by atoms with E-state index in [4.69, 9.17) is 0 Å². The van der Waals surface area contributed by atoms with Crippen LogP contribution < -0.4 is 5.32 Å². The van der Waals surface area contributed by atoms with E-state index in [1.807, 2.05) is 27.7 Å². The second-order valence-corrected chi connectivity index (χ2v) is 10.9. The fourth-order valence-electron chi connectivity index (χ4n) is 2.61. The minimum Gasteiger partial charge on any atom is -0.358 e. The van der Waals surface area contributed by atoms with Gasteiger partial charge in [0.2, 0.25) is 11.0 Å². The van der Waals surface area contributed by atoms with Crippen LogP contribution in [0.2, 0.25) is 0 Å². The Hall–Kier alpha value is -0.870. The van der Waals surface area contributed by atoms with Gasteiger partial charge < -0.3 is 10.2 Å². The molecule has 0 bridgehead atoms. The van der Waals surface area contributed by atoms with E-state index in [0.717, 1.165) is 9.47 Å². The molecular weight excluding hydrogens is 368 g/mol. The van der Waals surface area contributed by atoms with Crippen LogP contribution in [0.4, 0.5) is 5.13 Å². The summed E-state index contributed by atoms with van der Waals surface area (Å²) in [6.45, 7) is 8.27. The fourth-order valence-corrected chi connectivity index (χ4v) is 6.46. The molecule has 1 saturated heterocycles. The molecule has 2 atom stereocenters. The third-order valence-corrected chi connectivity index (χ3v) is 7.49. The van der Waals surface area contributed by atoms with E-state index in [0.29, 0.717) is 13.0 Å². The van der Waals surface area contributed by atoms with Crippen LogP contribution in [0.3, 0.4) is 0 Å². The number of carbonyl (C=O) groups is 1. The van der Waals surface area contributed by atoms with Crippen molar-refractivity contribution in [2.24, 2.45) is 0 Å². The maximum atomic E-state index is 12.7. The summed E-state index contributed by atoms with van der Waals surface area (Å²) in [6.07, 6.45) is 0.528. The molecule has 136 valence electrons. The minimum atomic E-state index is -3.01. The monoisotopic (exact) mass is 392 g/mol. The van der Waals surface area contributed by atoms with E-state index in [1.54, 1.807) is 4.90 Å². The number of aromatic nitrogens is 2. The topological polar surface area (TPSA) is 92.3 Å². The molecule has 24 heavy (non-hydrogen) atoms. The lowest BCUT2D eigenvalue weighted by Gasteiger charge is -2.29. The predicted molar refractivity (Wildman–Crippen MR) is 98.4 cm³/mol. The Morgan fingerprint density at radius 2 is 2.12 bits per heavy atom. The standard InChI is InChI=1S/C14H24N4O3S3/c1-5-18(11-6-7-24(20,21)8-11)12(19)10(4)22-14-17-16-13(23-14)15-9(2)3/h9-11H,5-8H2,1-4H3,(H,15,16). The highest BCUT2D eigenvalue weighted by Crippen LogP contribution is 2.31. The lowest BCUT2D eigenvalue weighted by molar-refractivity contribution is -0.131. The predicted octanol–water partition coefficient (Wildman–Crippen LogP) is 1.87. The molecular formula is C14H24N4O3S3. The molecule has 1 aromatic rings. The van der Waals surface area contributed by atoms with E-state index in [1.165, 1.54) is 23.1 Å². The van der Waals surface area contributed by atoms with Crippen molar-refractivity contribution in [1.29, 1.82) is 0 Å². The van der Waals surface area contributed by atoms with Gasteiger partial charge in [0.25, 0.3) is 0 Å². The second kappa shape index (κ2) is 8.01. The lowest BCUT2D eigenvalue weighted by atomic mass is 10.2. The van der Waals surface area contributed by atoms with Gasteiger partial charge in [-0.15, -0.1) is 10.2 Å². The van der Waals surface area contributed by atoms with Crippen LogP contribution in [0.15, 0.2) is 4.34 Å². The number of hydrogen-bond acceptors (Lipinski definition) is 8. The first-order valence-corrected chi connectivity index (χ1v) is 11.5. The average Bonchev–Trinajstić information content (AvgIpc) is 3.05. The van der Waals surface area contributed by atoms with Gasteiger partial charge in [-0.05, 0) is 34.1 Å². The maximum Gasteiger partial charge on any atom is 0.236 e. The lowest BCUT2D eigenvalue weighted by Crippen LogP contribution is -2.44. The van der Waals surface area contributed by atoms with Crippen molar-refractivity contribution in [3.63, 3.8) is 0 Å².